The standard InChI is InChI=1S/C16H14O4/c1-10-4-3-5-14(16(18)19)15(10)20-13-8-6-12(7-9-13)11(2)17/h3-9H,1-2H3,(H,18,19). The molecule has 0 atom stereocenters. The number of hydrogen-bond donors (Lipinski definition) is 1. The van der Waals surface area contributed by atoms with Gasteiger partial charge >= 0.3 is 5.97 Å². The molecule has 0 unspecified atom stereocenters. The molecule has 0 spiro atoms. The van der Waals surface area contributed by atoms with E-state index in [1.165, 1.54) is 13.0 Å². The van der Waals surface area contributed by atoms with Gasteiger partial charge in [0.25, 0.3) is 0 Å². The van der Waals surface area contributed by atoms with Crippen LogP contribution in [0, 0.1) is 6.92 Å². The average Bonchev–Trinajstić information content (AvgIpc) is 2.41. The van der Waals surface area contributed by atoms with Crippen molar-refractivity contribution in [3.63, 3.8) is 0 Å². The van der Waals surface area contributed by atoms with Gasteiger partial charge < -0.3 is 9.84 Å². The Hall–Kier alpha value is -2.62. The minimum atomic E-state index is -1.04. The first-order valence-electron chi connectivity index (χ1n) is 6.11. The first-order valence-corrected chi connectivity index (χ1v) is 6.11. The van der Waals surface area contributed by atoms with E-state index >= 15 is 0 Å². The number of aryl methyl sites for hydroxylation is 1. The van der Waals surface area contributed by atoms with E-state index < -0.39 is 5.97 Å². The molecule has 4 heteroatoms. The summed E-state index contributed by atoms with van der Waals surface area (Å²) in [6, 6.07) is 11.5. The zero-order chi connectivity index (χ0) is 14.7. The minimum absolute atomic E-state index is 0.0290. The number of ether oxygens (including phenoxy) is 1. The first kappa shape index (κ1) is 13.8. The second kappa shape index (κ2) is 5.57. The van der Waals surface area contributed by atoms with Crippen molar-refractivity contribution in [1.29, 1.82) is 0 Å². The van der Waals surface area contributed by atoms with Crippen molar-refractivity contribution in [2.24, 2.45) is 0 Å². The number of aromatic carboxylic acids is 1. The third-order valence-corrected chi connectivity index (χ3v) is 2.92. The van der Waals surface area contributed by atoms with Gasteiger partial charge in [0.1, 0.15) is 17.1 Å². The molecule has 0 saturated heterocycles. The molecule has 0 aliphatic rings. The normalized spacial score (nSPS) is 10.1. The van der Waals surface area contributed by atoms with E-state index in [0.29, 0.717) is 17.1 Å². The molecule has 0 fully saturated rings. The van der Waals surface area contributed by atoms with Gasteiger partial charge in [-0.1, -0.05) is 12.1 Å². The van der Waals surface area contributed by atoms with Gasteiger partial charge in [-0.2, -0.15) is 0 Å². The number of Topliss-reactive ketones (excluding diaryl/α,β-unsaturated/α-hetero) is 1. The smallest absolute Gasteiger partial charge is 0.339 e. The quantitative estimate of drug-likeness (QED) is 0.860. The van der Waals surface area contributed by atoms with Gasteiger partial charge in [0, 0.05) is 5.56 Å². The Morgan fingerprint density at radius 1 is 1.05 bits per heavy atom. The number of carboxylic acid groups (broad SMARTS) is 1. The van der Waals surface area contributed by atoms with Crippen molar-refractivity contribution >= 4 is 11.8 Å². The number of ketones is 1. The lowest BCUT2D eigenvalue weighted by Gasteiger charge is -2.11. The first-order chi connectivity index (χ1) is 9.49. The molecule has 20 heavy (non-hydrogen) atoms. The van der Waals surface area contributed by atoms with Gasteiger partial charge in [-0.05, 0) is 49.7 Å². The maximum absolute atomic E-state index is 11.2. The summed E-state index contributed by atoms with van der Waals surface area (Å²) in [6.45, 7) is 3.27. The van der Waals surface area contributed by atoms with Crippen LogP contribution < -0.4 is 4.74 Å². The van der Waals surface area contributed by atoms with E-state index in [2.05, 4.69) is 0 Å². The highest BCUT2D eigenvalue weighted by Gasteiger charge is 2.14. The van der Waals surface area contributed by atoms with E-state index in [1.807, 2.05) is 0 Å². The fourth-order valence-corrected chi connectivity index (χ4v) is 1.83. The maximum Gasteiger partial charge on any atom is 0.339 e. The van der Waals surface area contributed by atoms with Crippen LogP contribution in [0.4, 0.5) is 0 Å². The molecule has 1 N–H and O–H groups in total. The summed E-state index contributed by atoms with van der Waals surface area (Å²) < 4.78 is 5.64. The van der Waals surface area contributed by atoms with Crippen molar-refractivity contribution in [1.82, 2.24) is 0 Å². The fourth-order valence-electron chi connectivity index (χ4n) is 1.83. The van der Waals surface area contributed by atoms with E-state index in [-0.39, 0.29) is 11.3 Å². The van der Waals surface area contributed by atoms with Crippen LogP contribution >= 0.6 is 0 Å². The number of carbonyl (C=O) groups is 2. The molecular weight excluding hydrogens is 256 g/mol. The van der Waals surface area contributed by atoms with Crippen LogP contribution in [0.3, 0.4) is 0 Å². The minimum Gasteiger partial charge on any atom is -0.478 e. The molecule has 0 aliphatic carbocycles. The average molecular weight is 270 g/mol. The van der Waals surface area contributed by atoms with Crippen LogP contribution in [-0.2, 0) is 0 Å². The summed E-state index contributed by atoms with van der Waals surface area (Å²) in [5.41, 5.74) is 1.43. The van der Waals surface area contributed by atoms with Gasteiger partial charge in [0.2, 0.25) is 0 Å². The topological polar surface area (TPSA) is 63.6 Å². The Balaban J connectivity index is 2.34. The zero-order valence-corrected chi connectivity index (χ0v) is 11.2. The third-order valence-electron chi connectivity index (χ3n) is 2.92. The molecule has 0 bridgehead atoms. The third kappa shape index (κ3) is 2.85. The molecule has 0 radical (unpaired) electrons. The van der Waals surface area contributed by atoms with E-state index in [1.54, 1.807) is 43.3 Å². The molecule has 2 aromatic rings. The van der Waals surface area contributed by atoms with Crippen molar-refractivity contribution in [2.45, 2.75) is 13.8 Å². The Kier molecular flexibility index (Phi) is 3.84. The van der Waals surface area contributed by atoms with Crippen LogP contribution in [0.5, 0.6) is 11.5 Å². The van der Waals surface area contributed by atoms with Gasteiger partial charge in [-0.25, -0.2) is 4.79 Å². The molecule has 0 saturated carbocycles. The van der Waals surface area contributed by atoms with Crippen LogP contribution in [0.1, 0.15) is 33.2 Å². The van der Waals surface area contributed by atoms with Crippen molar-refractivity contribution in [2.75, 3.05) is 0 Å². The van der Waals surface area contributed by atoms with E-state index in [4.69, 9.17) is 9.84 Å². The van der Waals surface area contributed by atoms with E-state index in [9.17, 15) is 9.59 Å². The molecule has 0 aliphatic heterocycles. The van der Waals surface area contributed by atoms with Crippen molar-refractivity contribution in [3.8, 4) is 11.5 Å². The van der Waals surface area contributed by atoms with Crippen LogP contribution in [0.25, 0.3) is 0 Å². The van der Waals surface area contributed by atoms with Crippen LogP contribution in [-0.4, -0.2) is 16.9 Å². The van der Waals surface area contributed by atoms with E-state index in [0.717, 1.165) is 5.56 Å². The van der Waals surface area contributed by atoms with Gasteiger partial charge in [0.15, 0.2) is 5.78 Å². The number of rotatable bonds is 4. The largest absolute Gasteiger partial charge is 0.478 e. The summed E-state index contributed by atoms with van der Waals surface area (Å²) in [6.07, 6.45) is 0. The Labute approximate surface area is 116 Å². The number of carbonyl (C=O) groups excluding carboxylic acids is 1. The highest BCUT2D eigenvalue weighted by molar-refractivity contribution is 5.94. The molecule has 0 amide bonds. The lowest BCUT2D eigenvalue weighted by Crippen LogP contribution is -2.01. The summed E-state index contributed by atoms with van der Waals surface area (Å²) >= 11 is 0. The van der Waals surface area contributed by atoms with Crippen molar-refractivity contribution < 1.29 is 19.4 Å². The molecule has 102 valence electrons. The number of carboxylic acids is 1. The van der Waals surface area contributed by atoms with Gasteiger partial charge in [-0.15, -0.1) is 0 Å². The monoisotopic (exact) mass is 270 g/mol. The number of hydrogen-bond acceptors (Lipinski definition) is 3. The predicted octanol–water partition coefficient (Wildman–Crippen LogP) is 3.69. The number of benzene rings is 2. The molecule has 2 aromatic carbocycles. The maximum atomic E-state index is 11.2. The summed E-state index contributed by atoms with van der Waals surface area (Å²) in [5, 5.41) is 9.16. The lowest BCUT2D eigenvalue weighted by molar-refractivity contribution is 0.0693. The highest BCUT2D eigenvalue weighted by Crippen LogP contribution is 2.29. The fraction of sp³-hybridized carbons (Fsp3) is 0.125. The summed E-state index contributed by atoms with van der Waals surface area (Å²) in [7, 11) is 0. The Morgan fingerprint density at radius 2 is 1.70 bits per heavy atom. The highest BCUT2D eigenvalue weighted by atomic mass is 16.5. The summed E-state index contributed by atoms with van der Waals surface area (Å²) in [4.78, 5) is 22.4. The van der Waals surface area contributed by atoms with Crippen LogP contribution in [0.15, 0.2) is 42.5 Å². The Bertz CT molecular complexity index is 657. The SMILES string of the molecule is CC(=O)c1ccc(Oc2c(C)cccc2C(=O)O)cc1. The number of para-hydroxylation sites is 1. The summed E-state index contributed by atoms with van der Waals surface area (Å²) in [5.74, 6) is -0.259. The van der Waals surface area contributed by atoms with Gasteiger partial charge in [-0.3, -0.25) is 4.79 Å². The Morgan fingerprint density at radius 3 is 2.25 bits per heavy atom. The molecule has 0 heterocycles. The van der Waals surface area contributed by atoms with Crippen molar-refractivity contribution in [3.05, 3.63) is 59.2 Å². The molecular formula is C16H14O4. The zero-order valence-electron chi connectivity index (χ0n) is 11.2. The second-order valence-corrected chi connectivity index (χ2v) is 4.44. The second-order valence-electron chi connectivity index (χ2n) is 4.44. The molecule has 2 rings (SSSR count). The van der Waals surface area contributed by atoms with Crippen LogP contribution in [0.2, 0.25) is 0 Å². The predicted molar refractivity (Wildman–Crippen MR) is 74.7 cm³/mol. The van der Waals surface area contributed by atoms with Gasteiger partial charge in [0.05, 0.1) is 0 Å². The molecule has 4 nitrogen and oxygen atoms in total. The lowest BCUT2D eigenvalue weighted by atomic mass is 10.1. The molecule has 0 aromatic heterocycles.